The van der Waals surface area contributed by atoms with Gasteiger partial charge in [-0.2, -0.15) is 0 Å². The van der Waals surface area contributed by atoms with Crippen molar-refractivity contribution in [1.82, 2.24) is 0 Å². The van der Waals surface area contributed by atoms with Gasteiger partial charge in [-0.25, -0.2) is 4.79 Å². The van der Waals surface area contributed by atoms with Crippen LogP contribution in [0.1, 0.15) is 23.2 Å². The minimum Gasteiger partial charge on any atom is -0.478 e. The molecule has 3 nitrogen and oxygen atoms in total. The standard InChI is InChI=1S/C14H14BrNO2/c1-2-7-16(9-10-3-4-10)13-8-11(15)5-6-12(13)14(17)18/h1,5-6,8,10H,3-4,7,9H2,(H,17,18). The lowest BCUT2D eigenvalue weighted by Gasteiger charge is -2.24. The Morgan fingerprint density at radius 1 is 1.56 bits per heavy atom. The lowest BCUT2D eigenvalue weighted by atomic mass is 10.1. The molecule has 1 aromatic rings. The van der Waals surface area contributed by atoms with Crippen molar-refractivity contribution < 1.29 is 9.90 Å². The van der Waals surface area contributed by atoms with Gasteiger partial charge in [0.15, 0.2) is 0 Å². The highest BCUT2D eigenvalue weighted by molar-refractivity contribution is 9.10. The fraction of sp³-hybridized carbons (Fsp3) is 0.357. The van der Waals surface area contributed by atoms with Crippen LogP contribution in [0.2, 0.25) is 0 Å². The molecule has 0 amide bonds. The maximum Gasteiger partial charge on any atom is 0.337 e. The summed E-state index contributed by atoms with van der Waals surface area (Å²) in [5, 5.41) is 9.23. The van der Waals surface area contributed by atoms with E-state index < -0.39 is 5.97 Å². The molecule has 94 valence electrons. The van der Waals surface area contributed by atoms with E-state index in [2.05, 4.69) is 21.9 Å². The Morgan fingerprint density at radius 3 is 2.83 bits per heavy atom. The van der Waals surface area contributed by atoms with Gasteiger partial charge < -0.3 is 10.0 Å². The van der Waals surface area contributed by atoms with E-state index in [1.54, 1.807) is 12.1 Å². The van der Waals surface area contributed by atoms with Crippen molar-refractivity contribution in [3.05, 3.63) is 28.2 Å². The minimum atomic E-state index is -0.921. The molecule has 0 aromatic heterocycles. The summed E-state index contributed by atoms with van der Waals surface area (Å²) in [6.07, 6.45) is 7.79. The minimum absolute atomic E-state index is 0.300. The monoisotopic (exact) mass is 307 g/mol. The van der Waals surface area contributed by atoms with Crippen molar-refractivity contribution >= 4 is 27.6 Å². The van der Waals surface area contributed by atoms with E-state index in [0.29, 0.717) is 23.7 Å². The SMILES string of the molecule is C#CCN(CC1CC1)c1cc(Br)ccc1C(=O)O. The molecule has 1 aliphatic carbocycles. The normalized spacial score (nSPS) is 14.0. The molecule has 0 heterocycles. The average Bonchev–Trinajstić information content (AvgIpc) is 3.12. The Morgan fingerprint density at radius 2 is 2.28 bits per heavy atom. The van der Waals surface area contributed by atoms with E-state index in [4.69, 9.17) is 6.42 Å². The number of carbonyl (C=O) groups is 1. The smallest absolute Gasteiger partial charge is 0.337 e. The lowest BCUT2D eigenvalue weighted by molar-refractivity contribution is 0.0697. The van der Waals surface area contributed by atoms with Crippen LogP contribution in [0.25, 0.3) is 0 Å². The topological polar surface area (TPSA) is 40.5 Å². The first kappa shape index (κ1) is 13.0. The zero-order valence-corrected chi connectivity index (χ0v) is 11.5. The maximum absolute atomic E-state index is 11.2. The molecule has 0 spiro atoms. The van der Waals surface area contributed by atoms with Crippen LogP contribution in [0.4, 0.5) is 5.69 Å². The molecule has 0 unspecified atom stereocenters. The van der Waals surface area contributed by atoms with Crippen molar-refractivity contribution in [2.75, 3.05) is 18.0 Å². The van der Waals surface area contributed by atoms with Crippen molar-refractivity contribution in [2.45, 2.75) is 12.8 Å². The van der Waals surface area contributed by atoms with Gasteiger partial charge >= 0.3 is 5.97 Å². The number of rotatable bonds is 5. The molecule has 18 heavy (non-hydrogen) atoms. The van der Waals surface area contributed by atoms with Gasteiger partial charge in [-0.3, -0.25) is 0 Å². The van der Waals surface area contributed by atoms with Gasteiger partial charge in [0.1, 0.15) is 0 Å². The summed E-state index contributed by atoms with van der Waals surface area (Å²) in [6, 6.07) is 5.17. The van der Waals surface area contributed by atoms with Crippen LogP contribution < -0.4 is 4.90 Å². The number of benzene rings is 1. The van der Waals surface area contributed by atoms with E-state index in [1.165, 1.54) is 12.8 Å². The summed E-state index contributed by atoms with van der Waals surface area (Å²) in [4.78, 5) is 13.2. The van der Waals surface area contributed by atoms with Gasteiger partial charge in [0, 0.05) is 11.0 Å². The maximum atomic E-state index is 11.2. The lowest BCUT2D eigenvalue weighted by Crippen LogP contribution is -2.27. The predicted octanol–water partition coefficient (Wildman–Crippen LogP) is 3.00. The Bertz CT molecular complexity index is 503. The van der Waals surface area contributed by atoms with Gasteiger partial charge in [0.2, 0.25) is 0 Å². The Labute approximate surface area is 115 Å². The predicted molar refractivity (Wildman–Crippen MR) is 74.9 cm³/mol. The molecular weight excluding hydrogens is 294 g/mol. The first-order chi connectivity index (χ1) is 8.61. The molecule has 1 aromatic carbocycles. The summed E-state index contributed by atoms with van der Waals surface area (Å²) >= 11 is 3.38. The van der Waals surface area contributed by atoms with E-state index >= 15 is 0 Å². The average molecular weight is 308 g/mol. The molecule has 1 fully saturated rings. The zero-order valence-electron chi connectivity index (χ0n) is 9.90. The molecular formula is C14H14BrNO2. The van der Waals surface area contributed by atoms with Gasteiger partial charge in [0.25, 0.3) is 0 Å². The number of halogens is 1. The molecule has 1 saturated carbocycles. The van der Waals surface area contributed by atoms with Crippen LogP contribution in [0.3, 0.4) is 0 Å². The molecule has 4 heteroatoms. The molecule has 0 aliphatic heterocycles. The summed E-state index contributed by atoms with van der Waals surface area (Å²) in [5.41, 5.74) is 0.996. The van der Waals surface area contributed by atoms with E-state index in [1.807, 2.05) is 11.0 Å². The van der Waals surface area contributed by atoms with Crippen molar-refractivity contribution in [2.24, 2.45) is 5.92 Å². The number of carboxylic acids is 1. The Balaban J connectivity index is 2.34. The van der Waals surface area contributed by atoms with E-state index in [9.17, 15) is 9.90 Å². The second kappa shape index (κ2) is 5.45. The third-order valence-corrected chi connectivity index (χ3v) is 3.48. The number of hydrogen-bond acceptors (Lipinski definition) is 2. The van der Waals surface area contributed by atoms with Gasteiger partial charge in [0.05, 0.1) is 17.8 Å². The first-order valence-corrected chi connectivity index (χ1v) is 6.62. The fourth-order valence-corrected chi connectivity index (χ4v) is 2.27. The van der Waals surface area contributed by atoms with Gasteiger partial charge in [-0.05, 0) is 37.0 Å². The van der Waals surface area contributed by atoms with Crippen LogP contribution in [-0.4, -0.2) is 24.2 Å². The molecule has 1 aliphatic rings. The number of hydrogen-bond donors (Lipinski definition) is 1. The Kier molecular flexibility index (Phi) is 3.93. The summed E-state index contributed by atoms with van der Waals surface area (Å²) in [6.45, 7) is 1.27. The van der Waals surface area contributed by atoms with Gasteiger partial charge in [-0.15, -0.1) is 6.42 Å². The number of carboxylic acid groups (broad SMARTS) is 1. The highest BCUT2D eigenvalue weighted by atomic mass is 79.9. The quantitative estimate of drug-likeness (QED) is 0.850. The van der Waals surface area contributed by atoms with Crippen molar-refractivity contribution in [3.63, 3.8) is 0 Å². The Hall–Kier alpha value is -1.47. The molecule has 2 rings (SSSR count). The van der Waals surface area contributed by atoms with Crippen molar-refractivity contribution in [3.8, 4) is 12.3 Å². The second-order valence-electron chi connectivity index (χ2n) is 4.49. The highest BCUT2D eigenvalue weighted by Gasteiger charge is 2.26. The van der Waals surface area contributed by atoms with Crippen molar-refractivity contribution in [1.29, 1.82) is 0 Å². The number of nitrogens with zero attached hydrogens (tertiary/aromatic N) is 1. The molecule has 0 bridgehead atoms. The highest BCUT2D eigenvalue weighted by Crippen LogP contribution is 2.33. The van der Waals surface area contributed by atoms with Crippen LogP contribution in [0.15, 0.2) is 22.7 Å². The second-order valence-corrected chi connectivity index (χ2v) is 5.41. The zero-order chi connectivity index (χ0) is 13.1. The molecule has 0 saturated heterocycles. The number of terminal acetylenes is 1. The number of anilines is 1. The summed E-state index contributed by atoms with van der Waals surface area (Å²) in [7, 11) is 0. The summed E-state index contributed by atoms with van der Waals surface area (Å²) in [5.74, 6) is 2.33. The van der Waals surface area contributed by atoms with Gasteiger partial charge in [-0.1, -0.05) is 21.9 Å². The molecule has 1 N–H and O–H groups in total. The van der Waals surface area contributed by atoms with Crippen LogP contribution in [-0.2, 0) is 0 Å². The number of aromatic carboxylic acids is 1. The van der Waals surface area contributed by atoms with E-state index in [-0.39, 0.29) is 0 Å². The largest absolute Gasteiger partial charge is 0.478 e. The van der Waals surface area contributed by atoms with Crippen LogP contribution in [0.5, 0.6) is 0 Å². The molecule has 0 atom stereocenters. The van der Waals surface area contributed by atoms with Crippen LogP contribution >= 0.6 is 15.9 Å². The fourth-order valence-electron chi connectivity index (χ4n) is 1.92. The summed E-state index contributed by atoms with van der Waals surface area (Å²) < 4.78 is 0.861. The van der Waals surface area contributed by atoms with E-state index in [0.717, 1.165) is 11.0 Å². The third-order valence-electron chi connectivity index (χ3n) is 2.99. The van der Waals surface area contributed by atoms with Crippen LogP contribution in [0, 0.1) is 18.3 Å². The first-order valence-electron chi connectivity index (χ1n) is 5.83. The third kappa shape index (κ3) is 3.05. The molecule has 0 radical (unpaired) electrons.